The Morgan fingerprint density at radius 1 is 1.11 bits per heavy atom. The Hall–Kier alpha value is -2.87. The maximum Gasteiger partial charge on any atom is 0.237 e. The SMILES string of the molecule is CN(C(=O)CSc1nnc2n1CCN2c1ccc(F)cc1)c1ccccc1. The van der Waals surface area contributed by atoms with Crippen molar-refractivity contribution < 1.29 is 9.18 Å². The summed E-state index contributed by atoms with van der Waals surface area (Å²) in [6.45, 7) is 1.46. The van der Waals surface area contributed by atoms with Crippen LogP contribution in [0.2, 0.25) is 0 Å². The van der Waals surface area contributed by atoms with E-state index in [0.717, 1.165) is 24.5 Å². The van der Waals surface area contributed by atoms with E-state index < -0.39 is 0 Å². The second-order valence-electron chi connectivity index (χ2n) is 6.14. The number of benzene rings is 2. The highest BCUT2D eigenvalue weighted by molar-refractivity contribution is 7.99. The molecule has 0 spiro atoms. The van der Waals surface area contributed by atoms with Gasteiger partial charge in [-0.3, -0.25) is 9.36 Å². The summed E-state index contributed by atoms with van der Waals surface area (Å²) < 4.78 is 15.1. The molecule has 27 heavy (non-hydrogen) atoms. The fourth-order valence-corrected chi connectivity index (χ4v) is 3.84. The normalized spacial score (nSPS) is 12.9. The molecule has 0 saturated heterocycles. The molecule has 1 amide bonds. The first-order valence-electron chi connectivity index (χ1n) is 8.54. The van der Waals surface area contributed by atoms with Gasteiger partial charge in [-0.15, -0.1) is 10.2 Å². The van der Waals surface area contributed by atoms with Gasteiger partial charge in [-0.05, 0) is 36.4 Å². The zero-order valence-electron chi connectivity index (χ0n) is 14.7. The van der Waals surface area contributed by atoms with Crippen molar-refractivity contribution in [2.75, 3.05) is 29.1 Å². The molecule has 0 fully saturated rings. The molecule has 0 aliphatic carbocycles. The summed E-state index contributed by atoms with van der Waals surface area (Å²) in [5, 5.41) is 9.19. The van der Waals surface area contributed by atoms with E-state index in [2.05, 4.69) is 10.2 Å². The molecule has 3 aromatic rings. The van der Waals surface area contributed by atoms with Gasteiger partial charge in [0.15, 0.2) is 5.16 Å². The molecule has 0 bridgehead atoms. The number of aromatic nitrogens is 3. The van der Waals surface area contributed by atoms with Crippen molar-refractivity contribution in [1.82, 2.24) is 14.8 Å². The fourth-order valence-electron chi connectivity index (χ4n) is 2.97. The highest BCUT2D eigenvalue weighted by atomic mass is 32.2. The standard InChI is InChI=1S/C19H18FN5OS/c1-23(15-5-3-2-4-6-15)17(26)13-27-19-22-21-18-24(11-12-25(18)19)16-9-7-14(20)8-10-16/h2-10H,11-13H2,1H3. The van der Waals surface area contributed by atoms with Crippen LogP contribution in [-0.2, 0) is 11.3 Å². The average molecular weight is 383 g/mol. The summed E-state index contributed by atoms with van der Waals surface area (Å²) >= 11 is 1.37. The first-order chi connectivity index (χ1) is 13.1. The van der Waals surface area contributed by atoms with Crippen molar-refractivity contribution in [3.63, 3.8) is 0 Å². The lowest BCUT2D eigenvalue weighted by atomic mass is 10.3. The van der Waals surface area contributed by atoms with Crippen LogP contribution in [-0.4, -0.2) is 40.0 Å². The van der Waals surface area contributed by atoms with Crippen molar-refractivity contribution >= 4 is 35.0 Å². The van der Waals surface area contributed by atoms with E-state index in [1.54, 1.807) is 24.1 Å². The summed E-state index contributed by atoms with van der Waals surface area (Å²) in [7, 11) is 1.77. The number of carbonyl (C=O) groups excluding carboxylic acids is 1. The van der Waals surface area contributed by atoms with E-state index in [9.17, 15) is 9.18 Å². The van der Waals surface area contributed by atoms with Crippen molar-refractivity contribution in [3.05, 3.63) is 60.4 Å². The number of hydrogen-bond acceptors (Lipinski definition) is 5. The molecule has 0 saturated carbocycles. The van der Waals surface area contributed by atoms with Gasteiger partial charge < -0.3 is 9.80 Å². The Bertz CT molecular complexity index is 944. The number of anilines is 3. The summed E-state index contributed by atoms with van der Waals surface area (Å²) in [4.78, 5) is 16.1. The van der Waals surface area contributed by atoms with Gasteiger partial charge in [0.05, 0.1) is 5.75 Å². The molecule has 1 aromatic heterocycles. The quantitative estimate of drug-likeness (QED) is 0.633. The van der Waals surface area contributed by atoms with E-state index in [-0.39, 0.29) is 17.5 Å². The van der Waals surface area contributed by atoms with Crippen LogP contribution in [0.1, 0.15) is 0 Å². The summed E-state index contributed by atoms with van der Waals surface area (Å²) in [6, 6.07) is 15.8. The lowest BCUT2D eigenvalue weighted by Gasteiger charge is -2.16. The van der Waals surface area contributed by atoms with Gasteiger partial charge in [-0.2, -0.15) is 0 Å². The molecule has 1 aliphatic heterocycles. The molecule has 0 radical (unpaired) electrons. The molecule has 138 valence electrons. The molecule has 2 aromatic carbocycles. The third kappa shape index (κ3) is 3.52. The van der Waals surface area contributed by atoms with Gasteiger partial charge in [-0.1, -0.05) is 30.0 Å². The maximum absolute atomic E-state index is 13.1. The van der Waals surface area contributed by atoms with Crippen LogP contribution in [0.5, 0.6) is 0 Å². The van der Waals surface area contributed by atoms with E-state index in [1.807, 2.05) is 39.8 Å². The number of nitrogens with zero attached hydrogens (tertiary/aromatic N) is 5. The predicted molar refractivity (Wildman–Crippen MR) is 104 cm³/mol. The second kappa shape index (κ2) is 7.40. The average Bonchev–Trinajstić information content (AvgIpc) is 3.29. The van der Waals surface area contributed by atoms with Gasteiger partial charge in [0.2, 0.25) is 11.9 Å². The number of para-hydroxylation sites is 1. The smallest absolute Gasteiger partial charge is 0.237 e. The van der Waals surface area contributed by atoms with Crippen LogP contribution in [0.4, 0.5) is 21.7 Å². The first-order valence-corrected chi connectivity index (χ1v) is 9.53. The molecule has 0 N–H and O–H groups in total. The van der Waals surface area contributed by atoms with E-state index >= 15 is 0 Å². The predicted octanol–water partition coefficient (Wildman–Crippen LogP) is 3.32. The van der Waals surface area contributed by atoms with Crippen LogP contribution in [0.25, 0.3) is 0 Å². The Morgan fingerprint density at radius 2 is 1.85 bits per heavy atom. The van der Waals surface area contributed by atoms with Gasteiger partial charge in [0, 0.05) is 31.5 Å². The molecule has 0 atom stereocenters. The fraction of sp³-hybridized carbons (Fsp3) is 0.211. The highest BCUT2D eigenvalue weighted by Gasteiger charge is 2.26. The third-order valence-electron chi connectivity index (χ3n) is 4.47. The van der Waals surface area contributed by atoms with Crippen LogP contribution < -0.4 is 9.80 Å². The summed E-state index contributed by atoms with van der Waals surface area (Å²) in [6.07, 6.45) is 0. The van der Waals surface area contributed by atoms with Crippen LogP contribution >= 0.6 is 11.8 Å². The van der Waals surface area contributed by atoms with Gasteiger partial charge >= 0.3 is 0 Å². The number of hydrogen-bond donors (Lipinski definition) is 0. The Labute approximate surface area is 160 Å². The number of carbonyl (C=O) groups is 1. The monoisotopic (exact) mass is 383 g/mol. The zero-order valence-corrected chi connectivity index (χ0v) is 15.6. The third-order valence-corrected chi connectivity index (χ3v) is 5.42. The topological polar surface area (TPSA) is 54.3 Å². The van der Waals surface area contributed by atoms with E-state index in [1.165, 1.54) is 23.9 Å². The molecule has 8 heteroatoms. The molecule has 2 heterocycles. The minimum atomic E-state index is -0.267. The zero-order chi connectivity index (χ0) is 18.8. The number of fused-ring (bicyclic) bond motifs is 1. The molecule has 0 unspecified atom stereocenters. The van der Waals surface area contributed by atoms with Crippen molar-refractivity contribution in [2.45, 2.75) is 11.7 Å². The van der Waals surface area contributed by atoms with Crippen LogP contribution in [0.15, 0.2) is 59.8 Å². The van der Waals surface area contributed by atoms with E-state index in [0.29, 0.717) is 11.1 Å². The van der Waals surface area contributed by atoms with Gasteiger partial charge in [0.25, 0.3) is 0 Å². The molecule has 1 aliphatic rings. The van der Waals surface area contributed by atoms with E-state index in [4.69, 9.17) is 0 Å². The molecule has 6 nitrogen and oxygen atoms in total. The largest absolute Gasteiger partial charge is 0.315 e. The van der Waals surface area contributed by atoms with Crippen LogP contribution in [0, 0.1) is 5.82 Å². The first kappa shape index (κ1) is 17.5. The minimum Gasteiger partial charge on any atom is -0.315 e. The van der Waals surface area contributed by atoms with Crippen molar-refractivity contribution in [2.24, 2.45) is 0 Å². The maximum atomic E-state index is 13.1. The van der Waals surface area contributed by atoms with Gasteiger partial charge in [0.1, 0.15) is 5.82 Å². The Balaban J connectivity index is 1.44. The number of halogens is 1. The molecule has 4 rings (SSSR count). The van der Waals surface area contributed by atoms with Gasteiger partial charge in [-0.25, -0.2) is 4.39 Å². The number of rotatable bonds is 5. The number of thioether (sulfide) groups is 1. The van der Waals surface area contributed by atoms with Crippen molar-refractivity contribution in [1.29, 1.82) is 0 Å². The summed E-state index contributed by atoms with van der Waals surface area (Å²) in [5.74, 6) is 0.724. The molecular weight excluding hydrogens is 365 g/mol. The Kier molecular flexibility index (Phi) is 4.81. The molecular formula is C19H18FN5OS. The lowest BCUT2D eigenvalue weighted by Crippen LogP contribution is -2.27. The Morgan fingerprint density at radius 3 is 2.59 bits per heavy atom. The van der Waals surface area contributed by atoms with Crippen LogP contribution in [0.3, 0.4) is 0 Å². The highest BCUT2D eigenvalue weighted by Crippen LogP contribution is 2.32. The summed E-state index contributed by atoms with van der Waals surface area (Å²) in [5.41, 5.74) is 1.73. The second-order valence-corrected chi connectivity index (χ2v) is 7.08. The lowest BCUT2D eigenvalue weighted by molar-refractivity contribution is -0.115. The van der Waals surface area contributed by atoms with Crippen molar-refractivity contribution in [3.8, 4) is 0 Å². The minimum absolute atomic E-state index is 0.00284. The number of amides is 1.